The highest BCUT2D eigenvalue weighted by Gasteiger charge is 2.30. The van der Waals surface area contributed by atoms with Gasteiger partial charge in [0.15, 0.2) is 0 Å². The summed E-state index contributed by atoms with van der Waals surface area (Å²) in [4.78, 5) is 25.1. The van der Waals surface area contributed by atoms with Crippen LogP contribution in [0, 0.1) is 12.8 Å². The van der Waals surface area contributed by atoms with Gasteiger partial charge in [0.25, 0.3) is 0 Å². The second-order valence-corrected chi connectivity index (χ2v) is 6.20. The Morgan fingerprint density at radius 1 is 1.55 bits per heavy atom. The minimum absolute atomic E-state index is 0.0325. The van der Waals surface area contributed by atoms with E-state index in [2.05, 4.69) is 10.6 Å². The summed E-state index contributed by atoms with van der Waals surface area (Å²) in [5, 5.41) is 6.72. The zero-order valence-corrected chi connectivity index (χ0v) is 12.8. The number of nitrogens with one attached hydrogen (secondary N) is 2. The molecule has 1 aromatic heterocycles. The first kappa shape index (κ1) is 15.0. The zero-order chi connectivity index (χ0) is 14.7. The number of rotatable bonds is 4. The predicted octanol–water partition coefficient (Wildman–Crippen LogP) is 2.17. The minimum atomic E-state index is -0.384. The third kappa shape index (κ3) is 3.19. The van der Waals surface area contributed by atoms with Crippen LogP contribution in [0.1, 0.15) is 35.5 Å². The summed E-state index contributed by atoms with van der Waals surface area (Å²) < 4.78 is 5.01. The second-order valence-electron chi connectivity index (χ2n) is 4.95. The van der Waals surface area contributed by atoms with Gasteiger partial charge in [0, 0.05) is 10.9 Å². The first-order valence-corrected chi connectivity index (χ1v) is 7.66. The summed E-state index contributed by atoms with van der Waals surface area (Å²) in [6, 6.07) is 1.93. The van der Waals surface area contributed by atoms with Gasteiger partial charge in [0.2, 0.25) is 5.91 Å². The standard InChI is InChI=1S/C14H20N2O3S/c1-4-19-14(18)11-7-8(2)20-13(11)16-12(17)10-5-6-15-9(10)3/h7,9-10,15H,4-6H2,1-3H3,(H,16,17). The van der Waals surface area contributed by atoms with Crippen LogP contribution >= 0.6 is 11.3 Å². The van der Waals surface area contributed by atoms with E-state index in [1.165, 1.54) is 11.3 Å². The van der Waals surface area contributed by atoms with Crippen LogP contribution in [-0.4, -0.2) is 31.1 Å². The van der Waals surface area contributed by atoms with E-state index in [9.17, 15) is 9.59 Å². The molecular weight excluding hydrogens is 276 g/mol. The number of anilines is 1. The van der Waals surface area contributed by atoms with Crippen molar-refractivity contribution in [2.24, 2.45) is 5.92 Å². The largest absolute Gasteiger partial charge is 0.462 e. The zero-order valence-electron chi connectivity index (χ0n) is 12.0. The molecule has 6 heteroatoms. The third-order valence-electron chi connectivity index (χ3n) is 3.45. The average molecular weight is 296 g/mol. The number of thiophene rings is 1. The molecule has 1 amide bonds. The lowest BCUT2D eigenvalue weighted by Crippen LogP contribution is -2.32. The average Bonchev–Trinajstić information content (AvgIpc) is 2.96. The molecule has 2 heterocycles. The van der Waals surface area contributed by atoms with Crippen LogP contribution in [0.15, 0.2) is 6.07 Å². The fourth-order valence-electron chi connectivity index (χ4n) is 2.39. The number of amides is 1. The molecule has 0 saturated carbocycles. The summed E-state index contributed by atoms with van der Waals surface area (Å²) in [5.41, 5.74) is 0.446. The highest BCUT2D eigenvalue weighted by atomic mass is 32.1. The Morgan fingerprint density at radius 3 is 2.90 bits per heavy atom. The number of ether oxygens (including phenoxy) is 1. The molecule has 0 spiro atoms. The Morgan fingerprint density at radius 2 is 2.30 bits per heavy atom. The summed E-state index contributed by atoms with van der Waals surface area (Å²) in [6.45, 7) is 6.85. The predicted molar refractivity (Wildman–Crippen MR) is 79.2 cm³/mol. The van der Waals surface area contributed by atoms with Crippen LogP contribution < -0.4 is 10.6 Å². The van der Waals surface area contributed by atoms with Crippen LogP contribution in [0.5, 0.6) is 0 Å². The van der Waals surface area contributed by atoms with Gasteiger partial charge in [-0.3, -0.25) is 4.79 Å². The fourth-order valence-corrected chi connectivity index (χ4v) is 3.29. The molecule has 0 radical (unpaired) electrons. The maximum absolute atomic E-state index is 12.3. The highest BCUT2D eigenvalue weighted by Crippen LogP contribution is 2.29. The molecule has 5 nitrogen and oxygen atoms in total. The Balaban J connectivity index is 2.12. The van der Waals surface area contributed by atoms with Crippen LogP contribution in [0.25, 0.3) is 0 Å². The van der Waals surface area contributed by atoms with E-state index in [0.29, 0.717) is 17.2 Å². The normalized spacial score (nSPS) is 21.8. The number of carbonyl (C=O) groups is 2. The summed E-state index contributed by atoms with van der Waals surface area (Å²) in [5.74, 6) is -0.466. The van der Waals surface area contributed by atoms with Gasteiger partial charge in [-0.2, -0.15) is 0 Å². The lowest BCUT2D eigenvalue weighted by atomic mass is 10.0. The number of esters is 1. The van der Waals surface area contributed by atoms with Crippen molar-refractivity contribution in [2.45, 2.75) is 33.2 Å². The van der Waals surface area contributed by atoms with Crippen LogP contribution in [-0.2, 0) is 9.53 Å². The first-order valence-electron chi connectivity index (χ1n) is 6.84. The fraction of sp³-hybridized carbons (Fsp3) is 0.571. The molecule has 2 atom stereocenters. The van der Waals surface area contributed by atoms with E-state index in [1.54, 1.807) is 13.0 Å². The maximum Gasteiger partial charge on any atom is 0.341 e. The summed E-state index contributed by atoms with van der Waals surface area (Å²) in [7, 11) is 0. The molecule has 0 aromatic carbocycles. The van der Waals surface area contributed by atoms with Gasteiger partial charge >= 0.3 is 5.97 Å². The summed E-state index contributed by atoms with van der Waals surface area (Å²) in [6.07, 6.45) is 0.825. The van der Waals surface area contributed by atoms with Gasteiger partial charge in [-0.25, -0.2) is 4.79 Å². The molecule has 110 valence electrons. The number of hydrogen-bond donors (Lipinski definition) is 2. The van der Waals surface area contributed by atoms with Crippen molar-refractivity contribution >= 4 is 28.2 Å². The van der Waals surface area contributed by atoms with Crippen molar-refractivity contribution < 1.29 is 14.3 Å². The number of carbonyl (C=O) groups excluding carboxylic acids is 2. The molecule has 1 saturated heterocycles. The highest BCUT2D eigenvalue weighted by molar-refractivity contribution is 7.16. The molecule has 1 fully saturated rings. The molecule has 2 N–H and O–H groups in total. The van der Waals surface area contributed by atoms with Gasteiger partial charge in [-0.1, -0.05) is 0 Å². The SMILES string of the molecule is CCOC(=O)c1cc(C)sc1NC(=O)C1CCNC1C. The lowest BCUT2D eigenvalue weighted by Gasteiger charge is -2.14. The quantitative estimate of drug-likeness (QED) is 0.836. The molecular formula is C14H20N2O3S. The molecule has 20 heavy (non-hydrogen) atoms. The van der Waals surface area contributed by atoms with Gasteiger partial charge in [-0.15, -0.1) is 11.3 Å². The Hall–Kier alpha value is -1.40. The van der Waals surface area contributed by atoms with E-state index in [0.717, 1.165) is 17.8 Å². The van der Waals surface area contributed by atoms with Crippen molar-refractivity contribution in [1.82, 2.24) is 5.32 Å². The molecule has 1 aliphatic rings. The minimum Gasteiger partial charge on any atom is -0.462 e. The van der Waals surface area contributed by atoms with Crippen molar-refractivity contribution in [3.63, 3.8) is 0 Å². The molecule has 2 unspecified atom stereocenters. The van der Waals surface area contributed by atoms with E-state index in [4.69, 9.17) is 4.74 Å². The lowest BCUT2D eigenvalue weighted by molar-refractivity contribution is -0.119. The Labute approximate surface area is 122 Å². The number of aryl methyl sites for hydroxylation is 1. The van der Waals surface area contributed by atoms with Gasteiger partial charge < -0.3 is 15.4 Å². The topological polar surface area (TPSA) is 67.4 Å². The molecule has 0 bridgehead atoms. The monoisotopic (exact) mass is 296 g/mol. The van der Waals surface area contributed by atoms with Gasteiger partial charge in [0.1, 0.15) is 5.00 Å². The van der Waals surface area contributed by atoms with E-state index >= 15 is 0 Å². The van der Waals surface area contributed by atoms with Crippen LogP contribution in [0.4, 0.5) is 5.00 Å². The van der Waals surface area contributed by atoms with Crippen molar-refractivity contribution in [2.75, 3.05) is 18.5 Å². The maximum atomic E-state index is 12.3. The first-order chi connectivity index (χ1) is 9.52. The van der Waals surface area contributed by atoms with Gasteiger partial charge in [0.05, 0.1) is 18.1 Å². The molecule has 1 aliphatic heterocycles. The Kier molecular flexibility index (Phi) is 4.77. The van der Waals surface area contributed by atoms with Crippen LogP contribution in [0.3, 0.4) is 0 Å². The van der Waals surface area contributed by atoms with E-state index < -0.39 is 0 Å². The molecule has 2 rings (SSSR count). The second kappa shape index (κ2) is 6.37. The molecule has 0 aliphatic carbocycles. The molecule has 1 aromatic rings. The van der Waals surface area contributed by atoms with Crippen molar-refractivity contribution in [3.05, 3.63) is 16.5 Å². The van der Waals surface area contributed by atoms with E-state index in [-0.39, 0.29) is 23.8 Å². The summed E-state index contributed by atoms with van der Waals surface area (Å²) >= 11 is 1.40. The van der Waals surface area contributed by atoms with Gasteiger partial charge in [-0.05, 0) is 39.8 Å². The van der Waals surface area contributed by atoms with Crippen molar-refractivity contribution in [1.29, 1.82) is 0 Å². The van der Waals surface area contributed by atoms with Crippen molar-refractivity contribution in [3.8, 4) is 0 Å². The van der Waals surface area contributed by atoms with E-state index in [1.807, 2.05) is 13.8 Å². The third-order valence-corrected chi connectivity index (χ3v) is 4.42. The van der Waals surface area contributed by atoms with Crippen LogP contribution in [0.2, 0.25) is 0 Å². The number of hydrogen-bond acceptors (Lipinski definition) is 5. The smallest absolute Gasteiger partial charge is 0.341 e. The Bertz CT molecular complexity index is 513.